The monoisotopic (exact) mass is 933 g/mol. The number of benzene rings is 2. The van der Waals surface area contributed by atoms with Gasteiger partial charge in [0.25, 0.3) is 0 Å². The van der Waals surface area contributed by atoms with Crippen molar-refractivity contribution in [2.24, 2.45) is 22.7 Å². The van der Waals surface area contributed by atoms with Crippen molar-refractivity contribution in [3.63, 3.8) is 0 Å². The number of fused-ring (bicyclic) bond motifs is 5. The van der Waals surface area contributed by atoms with E-state index in [0.29, 0.717) is 5.56 Å². The predicted molar refractivity (Wildman–Crippen MR) is 237 cm³/mol. The quantitative estimate of drug-likeness (QED) is 0.120. The average Bonchev–Trinajstić information content (AvgIpc) is 3.25. The number of carbonyl (C=O) groups excluding carboxylic acids is 7. The molecular weight excluding hydrogens is 871 g/mol. The minimum absolute atomic E-state index is 0.0360. The van der Waals surface area contributed by atoms with Crippen LogP contribution < -0.4 is 5.32 Å². The molecule has 1 aliphatic heterocycles. The van der Waals surface area contributed by atoms with Gasteiger partial charge in [-0.25, -0.2) is 14.4 Å². The summed E-state index contributed by atoms with van der Waals surface area (Å²) in [6, 6.07) is 14.4. The van der Waals surface area contributed by atoms with Crippen molar-refractivity contribution in [1.82, 2.24) is 5.32 Å². The molecule has 3 fully saturated rings. The first-order valence-corrected chi connectivity index (χ1v) is 22.6. The fourth-order valence-corrected chi connectivity index (χ4v) is 10.4. The Balaban J connectivity index is 1.51. The number of esters is 4. The number of ether oxygens (including phenoxy) is 6. The molecule has 4 N–H and O–H groups in total. The molecule has 17 nitrogen and oxygen atoms in total. The fraction of sp³-hybridized carbons (Fsp3) is 0.580. The number of aliphatic hydroxyl groups is 3. The highest BCUT2D eigenvalue weighted by atomic mass is 16.6. The number of ketones is 2. The molecule has 1 saturated heterocycles. The number of nitrogens with one attached hydrogen (secondary N) is 1. The van der Waals surface area contributed by atoms with Crippen LogP contribution in [0.25, 0.3) is 0 Å². The predicted octanol–water partition coefficient (Wildman–Crippen LogP) is 4.82. The Bertz CT molecular complexity index is 2290. The van der Waals surface area contributed by atoms with Gasteiger partial charge in [0.2, 0.25) is 0 Å². The molecule has 0 radical (unpaired) electrons. The van der Waals surface area contributed by atoms with Gasteiger partial charge in [-0.2, -0.15) is 0 Å². The zero-order valence-corrected chi connectivity index (χ0v) is 39.7. The molecule has 6 rings (SSSR count). The van der Waals surface area contributed by atoms with Gasteiger partial charge in [0.05, 0.1) is 36.0 Å². The van der Waals surface area contributed by atoms with Crippen LogP contribution in [0.1, 0.15) is 117 Å². The molecule has 3 aliphatic carbocycles. The van der Waals surface area contributed by atoms with E-state index in [1.54, 1.807) is 83.1 Å². The standard InChI is InChI=1S/C50H63NO16/c1-26(2)31(53)21-22-35(54)64-33-23-34-49(25-62-34,66-28(4)52)40-42(65-43(58)30-19-15-12-16-20-30)50(61)24-32(27(3)36(47(50,8)9)38(55)41(57)48(33,40)10)63-44(59)39(56)37(29-17-13-11-14-18-29)51-45(60)67-46(5,6)7/h11-20,26,32-34,37-40,42,55-56,61H,21-25H2,1-10H3,(H,51,60)/t32-,33-,34+,37-,38+,39+,40-,42-,48+,49-,50?/m0/s1. The Hall–Kier alpha value is -5.49. The zero-order chi connectivity index (χ0) is 49.6. The van der Waals surface area contributed by atoms with Gasteiger partial charge >= 0.3 is 30.0 Å². The number of alkyl carbamates (subject to hydrolysis) is 1. The summed E-state index contributed by atoms with van der Waals surface area (Å²) in [7, 11) is 0. The number of Topliss-reactive ketones (excluding diaryl/α,β-unsaturated/α-hetero) is 2. The Morgan fingerprint density at radius 3 is 2.07 bits per heavy atom. The van der Waals surface area contributed by atoms with Crippen molar-refractivity contribution in [3.8, 4) is 0 Å². The SMILES string of the molecule is CC(=O)O[C@@]12CO[C@@H]1C[C@H](OC(=O)CCC(=O)C(C)C)[C@@]1(C)C(=O)[C@H](O)C3=C(C)[C@@H](OC(=O)[C@H](O)[C@@H](NC(=O)OC(C)(C)C)c4ccccc4)CC(O)([C@@H](OC(=O)c4ccccc4)[C@H]21)C3(C)C. The maximum Gasteiger partial charge on any atom is 0.408 e. The number of hydrogen-bond acceptors (Lipinski definition) is 16. The third-order valence-corrected chi connectivity index (χ3v) is 14.0. The minimum Gasteiger partial charge on any atom is -0.461 e. The van der Waals surface area contributed by atoms with E-state index in [-0.39, 0.29) is 54.3 Å². The molecule has 2 bridgehead atoms. The van der Waals surface area contributed by atoms with Gasteiger partial charge in [-0.1, -0.05) is 76.2 Å². The number of hydrogen-bond donors (Lipinski definition) is 4. The molecule has 1 amide bonds. The summed E-state index contributed by atoms with van der Waals surface area (Å²) >= 11 is 0. The zero-order valence-electron chi connectivity index (χ0n) is 39.7. The molecule has 1 heterocycles. The molecule has 0 aromatic heterocycles. The molecule has 11 atom stereocenters. The molecule has 67 heavy (non-hydrogen) atoms. The number of carbonyl (C=O) groups is 7. The van der Waals surface area contributed by atoms with Crippen molar-refractivity contribution >= 4 is 41.5 Å². The highest BCUT2D eigenvalue weighted by Crippen LogP contribution is 2.64. The lowest BCUT2D eigenvalue weighted by Crippen LogP contribution is -2.82. The molecule has 2 aromatic rings. The summed E-state index contributed by atoms with van der Waals surface area (Å²) in [6.07, 6.45) is -12.5. The van der Waals surface area contributed by atoms with E-state index in [1.807, 2.05) is 0 Å². The first kappa shape index (κ1) is 50.9. The van der Waals surface area contributed by atoms with Crippen LogP contribution in [-0.4, -0.2) is 117 Å². The Kier molecular flexibility index (Phi) is 14.4. The molecule has 1 unspecified atom stereocenters. The van der Waals surface area contributed by atoms with Crippen molar-refractivity contribution in [1.29, 1.82) is 0 Å². The molecule has 364 valence electrons. The van der Waals surface area contributed by atoms with E-state index in [0.717, 1.165) is 6.92 Å². The molecule has 0 spiro atoms. The van der Waals surface area contributed by atoms with Gasteiger partial charge in [-0.3, -0.25) is 19.2 Å². The van der Waals surface area contributed by atoms with Gasteiger partial charge in [0, 0.05) is 37.5 Å². The lowest BCUT2D eigenvalue weighted by molar-refractivity contribution is -0.346. The van der Waals surface area contributed by atoms with E-state index in [9.17, 15) is 44.1 Å². The third-order valence-electron chi connectivity index (χ3n) is 14.0. The van der Waals surface area contributed by atoms with Gasteiger partial charge in [0.1, 0.15) is 47.5 Å². The number of amides is 1. The fourth-order valence-electron chi connectivity index (χ4n) is 10.4. The summed E-state index contributed by atoms with van der Waals surface area (Å²) in [5, 5.41) is 40.6. The Morgan fingerprint density at radius 2 is 1.52 bits per heavy atom. The van der Waals surface area contributed by atoms with Gasteiger partial charge in [-0.15, -0.1) is 0 Å². The van der Waals surface area contributed by atoms with Crippen LogP contribution in [0.3, 0.4) is 0 Å². The summed E-state index contributed by atoms with van der Waals surface area (Å²) < 4.78 is 36.1. The van der Waals surface area contributed by atoms with Crippen LogP contribution >= 0.6 is 0 Å². The summed E-state index contributed by atoms with van der Waals surface area (Å²) in [4.78, 5) is 96.8. The molecule has 2 aromatic carbocycles. The normalized spacial score (nSPS) is 30.7. The van der Waals surface area contributed by atoms with Crippen LogP contribution in [0, 0.1) is 22.7 Å². The second-order valence-electron chi connectivity index (χ2n) is 20.2. The highest BCUT2D eigenvalue weighted by Gasteiger charge is 2.78. The number of rotatable bonds is 13. The number of aliphatic hydroxyl groups excluding tert-OH is 2. The van der Waals surface area contributed by atoms with E-state index in [2.05, 4.69) is 5.32 Å². The summed E-state index contributed by atoms with van der Waals surface area (Å²) in [5.74, 6) is -7.09. The van der Waals surface area contributed by atoms with E-state index < -0.39 is 118 Å². The second kappa shape index (κ2) is 18.9. The Morgan fingerprint density at radius 1 is 0.910 bits per heavy atom. The van der Waals surface area contributed by atoms with Crippen LogP contribution in [0.5, 0.6) is 0 Å². The van der Waals surface area contributed by atoms with Crippen molar-refractivity contribution in [2.45, 2.75) is 154 Å². The maximum absolute atomic E-state index is 15.6. The highest BCUT2D eigenvalue weighted by molar-refractivity contribution is 5.94. The van der Waals surface area contributed by atoms with Crippen LogP contribution in [-0.2, 0) is 52.4 Å². The average molecular weight is 934 g/mol. The second-order valence-corrected chi connectivity index (χ2v) is 20.2. The first-order chi connectivity index (χ1) is 31.2. The molecule has 2 saturated carbocycles. The van der Waals surface area contributed by atoms with Crippen LogP contribution in [0.2, 0.25) is 0 Å². The lowest BCUT2D eigenvalue weighted by atomic mass is 9.44. The van der Waals surface area contributed by atoms with Crippen molar-refractivity contribution < 1.29 is 77.3 Å². The largest absolute Gasteiger partial charge is 0.461 e. The van der Waals surface area contributed by atoms with Crippen LogP contribution in [0.15, 0.2) is 71.8 Å². The molecular formula is C50H63NO16. The third kappa shape index (κ3) is 9.52. The maximum atomic E-state index is 15.6. The smallest absolute Gasteiger partial charge is 0.408 e. The topological polar surface area (TPSA) is 248 Å². The minimum atomic E-state index is -2.45. The van der Waals surface area contributed by atoms with E-state index in [4.69, 9.17) is 28.4 Å². The van der Waals surface area contributed by atoms with Gasteiger partial charge in [-0.05, 0) is 63.5 Å². The van der Waals surface area contributed by atoms with Crippen molar-refractivity contribution in [3.05, 3.63) is 82.9 Å². The van der Waals surface area contributed by atoms with Gasteiger partial charge in [0.15, 0.2) is 17.5 Å². The van der Waals surface area contributed by atoms with Crippen molar-refractivity contribution in [2.75, 3.05) is 6.61 Å². The Labute approximate surface area is 389 Å². The summed E-state index contributed by atoms with van der Waals surface area (Å²) in [5.41, 5.74) is -8.75. The van der Waals surface area contributed by atoms with Crippen LogP contribution in [0.4, 0.5) is 4.79 Å². The molecule has 17 heteroatoms. The first-order valence-electron chi connectivity index (χ1n) is 22.6. The van der Waals surface area contributed by atoms with E-state index >= 15 is 4.79 Å². The lowest BCUT2D eigenvalue weighted by Gasteiger charge is -2.67. The molecule has 4 aliphatic rings. The van der Waals surface area contributed by atoms with E-state index in [1.165, 1.54) is 39.8 Å². The van der Waals surface area contributed by atoms with Gasteiger partial charge < -0.3 is 49.1 Å². The summed E-state index contributed by atoms with van der Waals surface area (Å²) in [6.45, 7) is 15.0.